The molecule has 6 nitrogen and oxygen atoms in total. The average Bonchev–Trinajstić information content (AvgIpc) is 2.90. The highest BCUT2D eigenvalue weighted by atomic mass is 32.1. The highest BCUT2D eigenvalue weighted by Gasteiger charge is 2.23. The number of aliphatic hydroxyl groups excluding tert-OH is 1. The number of aryl methyl sites for hydroxylation is 2. The van der Waals surface area contributed by atoms with E-state index in [1.165, 1.54) is 15.3 Å². The van der Waals surface area contributed by atoms with E-state index in [2.05, 4.69) is 16.9 Å². The normalized spacial score (nSPS) is 17.0. The van der Waals surface area contributed by atoms with Gasteiger partial charge in [-0.15, -0.1) is 11.3 Å². The van der Waals surface area contributed by atoms with Crippen LogP contribution in [-0.2, 0) is 24.1 Å². The fraction of sp³-hybridized carbons (Fsp3) is 0.588. The second-order valence-corrected chi connectivity index (χ2v) is 7.67. The van der Waals surface area contributed by atoms with Gasteiger partial charge >= 0.3 is 0 Å². The summed E-state index contributed by atoms with van der Waals surface area (Å²) in [5.74, 6) is 1.15. The lowest BCUT2D eigenvalue weighted by Gasteiger charge is -2.17. The highest BCUT2D eigenvalue weighted by Crippen LogP contribution is 2.35. The molecule has 130 valence electrons. The van der Waals surface area contributed by atoms with Crippen LogP contribution in [0.25, 0.3) is 10.2 Å². The number of thiophene rings is 1. The second-order valence-electron chi connectivity index (χ2n) is 6.58. The lowest BCUT2D eigenvalue weighted by Crippen LogP contribution is -2.29. The number of aromatic nitrogens is 2. The fourth-order valence-corrected chi connectivity index (χ4v) is 4.61. The maximum absolute atomic E-state index is 12.5. The van der Waals surface area contributed by atoms with Gasteiger partial charge in [0.05, 0.1) is 12.0 Å². The second kappa shape index (κ2) is 7.03. The maximum atomic E-state index is 12.5. The smallest absolute Gasteiger partial charge is 0.259 e. The molecule has 3 rings (SSSR count). The summed E-state index contributed by atoms with van der Waals surface area (Å²) in [7, 11) is 1.66. The summed E-state index contributed by atoms with van der Waals surface area (Å²) in [4.78, 5) is 35.4. The monoisotopic (exact) mass is 349 g/mol. The Morgan fingerprint density at radius 1 is 1.50 bits per heavy atom. The number of carbonyl (C=O) groups is 1. The number of aromatic amines is 1. The van der Waals surface area contributed by atoms with E-state index in [0.29, 0.717) is 24.7 Å². The molecule has 1 unspecified atom stereocenters. The van der Waals surface area contributed by atoms with Crippen molar-refractivity contribution in [3.8, 4) is 0 Å². The van der Waals surface area contributed by atoms with Gasteiger partial charge in [-0.25, -0.2) is 4.98 Å². The van der Waals surface area contributed by atoms with Gasteiger partial charge in [0.1, 0.15) is 10.7 Å². The van der Waals surface area contributed by atoms with Crippen molar-refractivity contribution in [3.63, 3.8) is 0 Å². The van der Waals surface area contributed by atoms with E-state index in [4.69, 9.17) is 5.11 Å². The van der Waals surface area contributed by atoms with E-state index in [0.717, 1.165) is 29.5 Å². The molecule has 1 aliphatic rings. The van der Waals surface area contributed by atoms with E-state index in [1.54, 1.807) is 18.4 Å². The number of amides is 1. The van der Waals surface area contributed by atoms with Crippen LogP contribution in [0.5, 0.6) is 0 Å². The molecule has 2 aromatic heterocycles. The number of nitrogens with one attached hydrogen (secondary N) is 1. The predicted molar refractivity (Wildman–Crippen MR) is 94.5 cm³/mol. The molecule has 2 heterocycles. The van der Waals surface area contributed by atoms with Crippen LogP contribution in [0, 0.1) is 5.92 Å². The molecule has 0 fully saturated rings. The van der Waals surface area contributed by atoms with Gasteiger partial charge in [-0.3, -0.25) is 9.59 Å². The summed E-state index contributed by atoms with van der Waals surface area (Å²) >= 11 is 1.62. The Morgan fingerprint density at radius 2 is 2.29 bits per heavy atom. The first kappa shape index (κ1) is 17.1. The van der Waals surface area contributed by atoms with Gasteiger partial charge in [0.25, 0.3) is 5.56 Å². The van der Waals surface area contributed by atoms with Crippen molar-refractivity contribution in [1.29, 1.82) is 0 Å². The Morgan fingerprint density at radius 3 is 3.04 bits per heavy atom. The molecule has 1 aliphatic carbocycles. The summed E-state index contributed by atoms with van der Waals surface area (Å²) in [6.45, 7) is 2.50. The van der Waals surface area contributed by atoms with E-state index in [1.807, 2.05) is 0 Å². The maximum Gasteiger partial charge on any atom is 0.259 e. The predicted octanol–water partition coefficient (Wildman–Crippen LogP) is 1.49. The minimum absolute atomic E-state index is 0.0531. The van der Waals surface area contributed by atoms with Gasteiger partial charge in [0.2, 0.25) is 5.91 Å². The van der Waals surface area contributed by atoms with E-state index in [-0.39, 0.29) is 24.5 Å². The Hall–Kier alpha value is -1.73. The molecular weight excluding hydrogens is 326 g/mol. The Kier molecular flexibility index (Phi) is 5.01. The largest absolute Gasteiger partial charge is 0.395 e. The number of hydrogen-bond acceptors (Lipinski definition) is 5. The molecular formula is C17H23N3O3S. The zero-order chi connectivity index (χ0) is 17.3. The van der Waals surface area contributed by atoms with Crippen molar-refractivity contribution in [2.45, 2.75) is 39.0 Å². The van der Waals surface area contributed by atoms with Gasteiger partial charge in [-0.1, -0.05) is 6.92 Å². The topological polar surface area (TPSA) is 86.3 Å². The van der Waals surface area contributed by atoms with Crippen molar-refractivity contribution >= 4 is 27.5 Å². The van der Waals surface area contributed by atoms with Gasteiger partial charge in [0.15, 0.2) is 0 Å². The zero-order valence-corrected chi connectivity index (χ0v) is 14.9. The van der Waals surface area contributed by atoms with Crippen LogP contribution in [0.2, 0.25) is 0 Å². The zero-order valence-electron chi connectivity index (χ0n) is 14.1. The summed E-state index contributed by atoms with van der Waals surface area (Å²) in [5, 5.41) is 9.62. The Labute approximate surface area is 144 Å². The molecule has 1 atom stereocenters. The standard InChI is InChI=1S/C17H23N3O3S/c1-10-3-4-11-12(9-10)24-17-15(11)16(23)18-13(19-17)5-6-14(22)20(2)7-8-21/h10,21H,3-9H2,1-2H3,(H,18,19,23). The summed E-state index contributed by atoms with van der Waals surface area (Å²) in [5.41, 5.74) is 1.09. The molecule has 2 N–H and O–H groups in total. The van der Waals surface area contributed by atoms with E-state index >= 15 is 0 Å². The molecule has 7 heteroatoms. The van der Waals surface area contributed by atoms with E-state index < -0.39 is 0 Å². The van der Waals surface area contributed by atoms with Crippen LogP contribution < -0.4 is 5.56 Å². The Bertz CT molecular complexity index is 811. The summed E-state index contributed by atoms with van der Waals surface area (Å²) in [6.07, 6.45) is 3.76. The molecule has 0 aromatic carbocycles. The van der Waals surface area contributed by atoms with Crippen molar-refractivity contribution < 1.29 is 9.90 Å². The minimum atomic E-state index is -0.0850. The third-order valence-corrected chi connectivity index (χ3v) is 5.80. The molecule has 0 saturated carbocycles. The first-order valence-electron chi connectivity index (χ1n) is 8.38. The number of aliphatic hydroxyl groups is 1. The Balaban J connectivity index is 1.81. The third kappa shape index (κ3) is 3.37. The van der Waals surface area contributed by atoms with Crippen LogP contribution >= 0.6 is 11.3 Å². The first-order valence-corrected chi connectivity index (χ1v) is 9.19. The van der Waals surface area contributed by atoms with Gasteiger partial charge in [0, 0.05) is 31.3 Å². The molecule has 0 saturated heterocycles. The third-order valence-electron chi connectivity index (χ3n) is 4.65. The van der Waals surface area contributed by atoms with Crippen LogP contribution in [0.1, 0.15) is 36.0 Å². The van der Waals surface area contributed by atoms with Crippen molar-refractivity contribution in [1.82, 2.24) is 14.9 Å². The number of H-pyrrole nitrogens is 1. The molecule has 0 aliphatic heterocycles. The highest BCUT2D eigenvalue weighted by molar-refractivity contribution is 7.18. The van der Waals surface area contributed by atoms with E-state index in [9.17, 15) is 9.59 Å². The molecule has 1 amide bonds. The minimum Gasteiger partial charge on any atom is -0.395 e. The van der Waals surface area contributed by atoms with Crippen LogP contribution in [-0.4, -0.2) is 46.1 Å². The molecule has 2 aromatic rings. The van der Waals surface area contributed by atoms with Gasteiger partial charge in [-0.2, -0.15) is 0 Å². The van der Waals surface area contributed by atoms with Gasteiger partial charge < -0.3 is 15.0 Å². The van der Waals surface area contributed by atoms with Gasteiger partial charge in [-0.05, 0) is 30.7 Å². The average molecular weight is 349 g/mol. The number of rotatable bonds is 5. The molecule has 0 spiro atoms. The number of carbonyl (C=O) groups excluding carboxylic acids is 1. The lowest BCUT2D eigenvalue weighted by atomic mass is 9.89. The number of hydrogen-bond donors (Lipinski definition) is 2. The fourth-order valence-electron chi connectivity index (χ4n) is 3.20. The van der Waals surface area contributed by atoms with Crippen LogP contribution in [0.4, 0.5) is 0 Å². The molecule has 24 heavy (non-hydrogen) atoms. The van der Waals surface area contributed by atoms with Crippen molar-refractivity contribution in [2.75, 3.05) is 20.2 Å². The lowest BCUT2D eigenvalue weighted by molar-refractivity contribution is -0.130. The summed E-state index contributed by atoms with van der Waals surface area (Å²) < 4.78 is 0. The SMILES string of the molecule is CC1CCc2c(sc3nc(CCC(=O)N(C)CCO)[nH]c(=O)c23)C1. The van der Waals surface area contributed by atoms with Crippen molar-refractivity contribution in [3.05, 3.63) is 26.6 Å². The number of fused-ring (bicyclic) bond motifs is 3. The number of nitrogens with zero attached hydrogens (tertiary/aromatic N) is 2. The van der Waals surface area contributed by atoms with Crippen LogP contribution in [0.15, 0.2) is 4.79 Å². The molecule has 0 bridgehead atoms. The molecule has 0 radical (unpaired) electrons. The number of likely N-dealkylation sites (N-methyl/N-ethyl adjacent to an activating group) is 1. The summed E-state index contributed by atoms with van der Waals surface area (Å²) in [6, 6.07) is 0. The van der Waals surface area contributed by atoms with Crippen LogP contribution in [0.3, 0.4) is 0 Å². The van der Waals surface area contributed by atoms with Crippen molar-refractivity contribution in [2.24, 2.45) is 5.92 Å². The first-order chi connectivity index (χ1) is 11.5. The quantitative estimate of drug-likeness (QED) is 0.856.